The number of anilines is 2. The fourth-order valence-electron chi connectivity index (χ4n) is 2.21. The summed E-state index contributed by atoms with van der Waals surface area (Å²) in [5.41, 5.74) is 8.33. The summed E-state index contributed by atoms with van der Waals surface area (Å²) in [4.78, 5) is 0.214. The number of hydrogen-bond acceptors (Lipinski definition) is 4. The van der Waals surface area contributed by atoms with Crippen LogP contribution in [-0.4, -0.2) is 25.2 Å². The van der Waals surface area contributed by atoms with E-state index in [1.54, 1.807) is 29.9 Å². The summed E-state index contributed by atoms with van der Waals surface area (Å²) in [5.74, 6) is 0. The number of rotatable bonds is 0. The van der Waals surface area contributed by atoms with Crippen LogP contribution in [0.4, 0.5) is 11.4 Å². The van der Waals surface area contributed by atoms with E-state index in [2.05, 4.69) is 5.10 Å². The number of nitrogens with zero attached hydrogens (tertiary/aromatic N) is 3. The van der Waals surface area contributed by atoms with Crippen LogP contribution in [0.25, 0.3) is 11.3 Å². The SMILES string of the molecule is CN1c2ccc(N)cc2-c2c(cnn2C)S1(=O)=O. The minimum absolute atomic E-state index is 0.214. The molecule has 1 aliphatic rings. The van der Waals surface area contributed by atoms with Gasteiger partial charge in [0.15, 0.2) is 0 Å². The van der Waals surface area contributed by atoms with Crippen molar-refractivity contribution in [3.05, 3.63) is 24.4 Å². The van der Waals surface area contributed by atoms with Gasteiger partial charge in [-0.2, -0.15) is 5.10 Å². The van der Waals surface area contributed by atoms with Crippen molar-refractivity contribution >= 4 is 21.4 Å². The van der Waals surface area contributed by atoms with Crippen LogP contribution in [0.3, 0.4) is 0 Å². The zero-order valence-corrected chi connectivity index (χ0v) is 10.8. The van der Waals surface area contributed by atoms with E-state index in [4.69, 9.17) is 5.73 Å². The first kappa shape index (κ1) is 11.1. The summed E-state index contributed by atoms with van der Waals surface area (Å²) < 4.78 is 27.4. The van der Waals surface area contributed by atoms with Gasteiger partial charge in [-0.25, -0.2) is 8.42 Å². The molecule has 0 radical (unpaired) electrons. The third-order valence-corrected chi connectivity index (χ3v) is 4.93. The highest BCUT2D eigenvalue weighted by molar-refractivity contribution is 7.93. The summed E-state index contributed by atoms with van der Waals surface area (Å²) in [6.07, 6.45) is 1.37. The Kier molecular flexibility index (Phi) is 2.01. The zero-order valence-electron chi connectivity index (χ0n) is 9.95. The Morgan fingerprint density at radius 2 is 2.00 bits per heavy atom. The molecule has 7 heteroatoms. The monoisotopic (exact) mass is 264 g/mol. The molecule has 2 N–H and O–H groups in total. The molecule has 0 amide bonds. The van der Waals surface area contributed by atoms with Crippen LogP contribution < -0.4 is 10.0 Å². The van der Waals surface area contributed by atoms with Gasteiger partial charge < -0.3 is 5.73 Å². The van der Waals surface area contributed by atoms with E-state index in [1.165, 1.54) is 17.5 Å². The molecule has 0 fully saturated rings. The van der Waals surface area contributed by atoms with Gasteiger partial charge in [-0.3, -0.25) is 8.99 Å². The van der Waals surface area contributed by atoms with Crippen molar-refractivity contribution in [1.29, 1.82) is 0 Å². The Hall–Kier alpha value is -2.02. The third kappa shape index (κ3) is 1.22. The predicted molar refractivity (Wildman–Crippen MR) is 68.6 cm³/mol. The number of aryl methyl sites for hydroxylation is 1. The van der Waals surface area contributed by atoms with Crippen molar-refractivity contribution < 1.29 is 8.42 Å². The van der Waals surface area contributed by atoms with E-state index >= 15 is 0 Å². The maximum Gasteiger partial charge on any atom is 0.267 e. The molecule has 0 bridgehead atoms. The topological polar surface area (TPSA) is 81.2 Å². The molecule has 3 rings (SSSR count). The molecule has 1 aliphatic heterocycles. The quantitative estimate of drug-likeness (QED) is 0.714. The van der Waals surface area contributed by atoms with Crippen LogP contribution in [0.2, 0.25) is 0 Å². The van der Waals surface area contributed by atoms with Crippen LogP contribution >= 0.6 is 0 Å². The maximum atomic E-state index is 12.3. The number of nitrogen functional groups attached to an aromatic ring is 1. The van der Waals surface area contributed by atoms with Gasteiger partial charge >= 0.3 is 0 Å². The number of nitrogens with two attached hydrogens (primary N) is 1. The van der Waals surface area contributed by atoms with Crippen LogP contribution in [0.15, 0.2) is 29.3 Å². The second-order valence-electron chi connectivity index (χ2n) is 4.23. The smallest absolute Gasteiger partial charge is 0.267 e. The molecule has 18 heavy (non-hydrogen) atoms. The Morgan fingerprint density at radius 3 is 2.72 bits per heavy atom. The molecular formula is C11H12N4O2S. The first-order valence-corrected chi connectivity index (χ1v) is 6.78. The lowest BCUT2D eigenvalue weighted by Gasteiger charge is -2.27. The van der Waals surface area contributed by atoms with Gasteiger partial charge in [0.05, 0.1) is 17.6 Å². The average molecular weight is 264 g/mol. The first-order chi connectivity index (χ1) is 8.43. The predicted octanol–water partition coefficient (Wildman–Crippen LogP) is 0.808. The fourth-order valence-corrected chi connectivity index (χ4v) is 3.59. The van der Waals surface area contributed by atoms with Crippen molar-refractivity contribution in [3.63, 3.8) is 0 Å². The Morgan fingerprint density at radius 1 is 1.28 bits per heavy atom. The summed E-state index contributed by atoms with van der Waals surface area (Å²) in [7, 11) is -0.274. The molecule has 1 aromatic heterocycles. The largest absolute Gasteiger partial charge is 0.399 e. The molecule has 2 aromatic rings. The van der Waals surface area contributed by atoms with Crippen LogP contribution in [0, 0.1) is 0 Å². The summed E-state index contributed by atoms with van der Waals surface area (Å²) in [6, 6.07) is 5.16. The molecule has 0 spiro atoms. The second-order valence-corrected chi connectivity index (χ2v) is 6.17. The van der Waals surface area contributed by atoms with E-state index in [0.29, 0.717) is 17.1 Å². The van der Waals surface area contributed by atoms with E-state index in [1.807, 2.05) is 0 Å². The lowest BCUT2D eigenvalue weighted by molar-refractivity contribution is 0.593. The van der Waals surface area contributed by atoms with Crippen LogP contribution in [0.1, 0.15) is 0 Å². The molecule has 0 aliphatic carbocycles. The van der Waals surface area contributed by atoms with Gasteiger partial charge in [0, 0.05) is 25.3 Å². The third-order valence-electron chi connectivity index (χ3n) is 3.16. The molecule has 0 saturated heterocycles. The fraction of sp³-hybridized carbons (Fsp3) is 0.182. The molecule has 2 heterocycles. The van der Waals surface area contributed by atoms with Crippen molar-refractivity contribution in [2.75, 3.05) is 17.1 Å². The number of hydrogen-bond donors (Lipinski definition) is 1. The minimum atomic E-state index is -3.52. The molecule has 6 nitrogen and oxygen atoms in total. The second kappa shape index (κ2) is 3.26. The van der Waals surface area contributed by atoms with Gasteiger partial charge in [-0.1, -0.05) is 0 Å². The Labute approximate surface area is 105 Å². The highest BCUT2D eigenvalue weighted by Gasteiger charge is 2.35. The average Bonchev–Trinajstić information content (AvgIpc) is 2.69. The molecule has 0 saturated carbocycles. The van der Waals surface area contributed by atoms with E-state index in [0.717, 1.165) is 5.56 Å². The van der Waals surface area contributed by atoms with Crippen molar-refractivity contribution in [1.82, 2.24) is 9.78 Å². The van der Waals surface area contributed by atoms with E-state index in [9.17, 15) is 8.42 Å². The lowest BCUT2D eigenvalue weighted by Crippen LogP contribution is -2.30. The molecule has 94 valence electrons. The maximum absolute atomic E-state index is 12.3. The summed E-state index contributed by atoms with van der Waals surface area (Å²) in [5, 5.41) is 4.03. The normalized spacial score (nSPS) is 16.2. The van der Waals surface area contributed by atoms with Crippen molar-refractivity contribution in [2.45, 2.75) is 4.90 Å². The Bertz CT molecular complexity index is 748. The zero-order chi connectivity index (χ0) is 13.1. The molecule has 1 aromatic carbocycles. The van der Waals surface area contributed by atoms with Crippen molar-refractivity contribution in [3.8, 4) is 11.3 Å². The summed E-state index contributed by atoms with van der Waals surface area (Å²) >= 11 is 0. The van der Waals surface area contributed by atoms with Gasteiger partial charge in [-0.15, -0.1) is 0 Å². The van der Waals surface area contributed by atoms with Crippen molar-refractivity contribution in [2.24, 2.45) is 7.05 Å². The van der Waals surface area contributed by atoms with Crippen LogP contribution in [-0.2, 0) is 17.1 Å². The van der Waals surface area contributed by atoms with Crippen LogP contribution in [0.5, 0.6) is 0 Å². The molecular weight excluding hydrogens is 252 g/mol. The highest BCUT2D eigenvalue weighted by atomic mass is 32.2. The highest BCUT2D eigenvalue weighted by Crippen LogP contribution is 2.42. The molecule has 0 atom stereocenters. The lowest BCUT2D eigenvalue weighted by atomic mass is 10.1. The van der Waals surface area contributed by atoms with E-state index in [-0.39, 0.29) is 4.90 Å². The van der Waals surface area contributed by atoms with Gasteiger partial charge in [-0.05, 0) is 18.2 Å². The molecule has 0 unspecified atom stereocenters. The number of benzene rings is 1. The van der Waals surface area contributed by atoms with E-state index < -0.39 is 10.0 Å². The minimum Gasteiger partial charge on any atom is -0.399 e. The standard InChI is InChI=1S/C11H12N4O2S/c1-14-11-8-5-7(12)3-4-9(8)15(2)18(16,17)10(11)6-13-14/h3-6H,12H2,1-2H3. The number of aromatic nitrogens is 2. The number of sulfonamides is 1. The first-order valence-electron chi connectivity index (χ1n) is 5.34. The summed E-state index contributed by atoms with van der Waals surface area (Å²) in [6.45, 7) is 0. The number of fused-ring (bicyclic) bond motifs is 3. The Balaban J connectivity index is 2.47. The van der Waals surface area contributed by atoms with Gasteiger partial charge in [0.1, 0.15) is 4.90 Å². The van der Waals surface area contributed by atoms with Gasteiger partial charge in [0.2, 0.25) is 0 Å². The van der Waals surface area contributed by atoms with Gasteiger partial charge in [0.25, 0.3) is 10.0 Å².